The van der Waals surface area contributed by atoms with E-state index in [9.17, 15) is 18.3 Å². The molecule has 0 fully saturated rings. The molecule has 5 nitrogen and oxygen atoms in total. The van der Waals surface area contributed by atoms with Gasteiger partial charge in [0.2, 0.25) is 0 Å². The van der Waals surface area contributed by atoms with Crippen LogP contribution in [0.5, 0.6) is 0 Å². The minimum Gasteiger partial charge on any atom is -0.550 e. The van der Waals surface area contributed by atoms with Gasteiger partial charge in [-0.05, 0) is 48.7 Å². The van der Waals surface area contributed by atoms with Gasteiger partial charge in [-0.2, -0.15) is 0 Å². The number of hydrogen-bond donors (Lipinski definition) is 1. The van der Waals surface area contributed by atoms with E-state index in [-0.39, 0.29) is 23.4 Å². The Kier molecular flexibility index (Phi) is 5.51. The number of benzene rings is 2. The van der Waals surface area contributed by atoms with Gasteiger partial charge in [0.15, 0.2) is 0 Å². The molecule has 0 aromatic heterocycles. The molecule has 0 saturated heterocycles. The van der Waals surface area contributed by atoms with Crippen molar-refractivity contribution in [1.82, 2.24) is 0 Å². The first kappa shape index (κ1) is 17.6. The maximum Gasteiger partial charge on any atom is 0.261 e. The zero-order valence-corrected chi connectivity index (χ0v) is 14.1. The van der Waals surface area contributed by atoms with Crippen LogP contribution in [0, 0.1) is 0 Å². The predicted octanol–water partition coefficient (Wildman–Crippen LogP) is 2.48. The van der Waals surface area contributed by atoms with Crippen molar-refractivity contribution in [2.24, 2.45) is 0 Å². The van der Waals surface area contributed by atoms with Crippen LogP contribution >= 0.6 is 23.2 Å². The molecule has 2 rings (SSSR count). The van der Waals surface area contributed by atoms with Gasteiger partial charge in [0.1, 0.15) is 0 Å². The molecule has 0 saturated carbocycles. The molecule has 23 heavy (non-hydrogen) atoms. The van der Waals surface area contributed by atoms with Crippen LogP contribution in [-0.4, -0.2) is 14.4 Å². The van der Waals surface area contributed by atoms with Crippen LogP contribution in [0.15, 0.2) is 47.4 Å². The summed E-state index contributed by atoms with van der Waals surface area (Å²) in [5.41, 5.74) is 0.961. The minimum atomic E-state index is -3.79. The fraction of sp³-hybridized carbons (Fsp3) is 0.133. The molecular formula is C15H12Cl2NO4S-. The Morgan fingerprint density at radius 2 is 1.61 bits per heavy atom. The largest absolute Gasteiger partial charge is 0.550 e. The van der Waals surface area contributed by atoms with Crippen molar-refractivity contribution in [3.63, 3.8) is 0 Å². The second-order valence-corrected chi connectivity index (χ2v) is 7.33. The summed E-state index contributed by atoms with van der Waals surface area (Å²) >= 11 is 11.7. The zero-order chi connectivity index (χ0) is 17.0. The van der Waals surface area contributed by atoms with E-state index < -0.39 is 16.0 Å². The number of aryl methyl sites for hydroxylation is 1. The van der Waals surface area contributed by atoms with Crippen LogP contribution in [0.3, 0.4) is 0 Å². The minimum absolute atomic E-state index is 0.0470. The number of carbonyl (C=O) groups is 1. The number of halogens is 2. The van der Waals surface area contributed by atoms with Gasteiger partial charge in [-0.3, -0.25) is 4.72 Å². The summed E-state index contributed by atoms with van der Waals surface area (Å²) in [6.45, 7) is 0. The van der Waals surface area contributed by atoms with E-state index in [2.05, 4.69) is 4.72 Å². The molecule has 0 aliphatic carbocycles. The highest BCUT2D eigenvalue weighted by molar-refractivity contribution is 7.92. The molecule has 0 bridgehead atoms. The second-order valence-electron chi connectivity index (χ2n) is 4.78. The van der Waals surface area contributed by atoms with Gasteiger partial charge in [-0.25, -0.2) is 8.42 Å². The highest BCUT2D eigenvalue weighted by Crippen LogP contribution is 2.24. The predicted molar refractivity (Wildman–Crippen MR) is 87.0 cm³/mol. The van der Waals surface area contributed by atoms with E-state index in [1.165, 1.54) is 30.3 Å². The Bertz CT molecular complexity index is 800. The molecule has 2 aromatic carbocycles. The van der Waals surface area contributed by atoms with Crippen molar-refractivity contribution in [2.45, 2.75) is 17.7 Å². The third kappa shape index (κ3) is 5.13. The van der Waals surface area contributed by atoms with Crippen LogP contribution < -0.4 is 9.83 Å². The number of nitrogens with one attached hydrogen (secondary N) is 1. The summed E-state index contributed by atoms with van der Waals surface area (Å²) in [7, 11) is -3.79. The normalized spacial score (nSPS) is 11.2. The molecular weight excluding hydrogens is 361 g/mol. The van der Waals surface area contributed by atoms with Gasteiger partial charge < -0.3 is 9.90 Å². The lowest BCUT2D eigenvalue weighted by Crippen LogP contribution is -2.22. The van der Waals surface area contributed by atoms with Crippen molar-refractivity contribution >= 4 is 44.9 Å². The Hall–Kier alpha value is -1.76. The van der Waals surface area contributed by atoms with Gasteiger partial charge in [0.25, 0.3) is 10.0 Å². The maximum atomic E-state index is 12.3. The van der Waals surface area contributed by atoms with E-state index in [0.29, 0.717) is 15.6 Å². The topological polar surface area (TPSA) is 86.3 Å². The zero-order valence-electron chi connectivity index (χ0n) is 11.8. The number of sulfonamides is 1. The molecule has 0 spiro atoms. The summed E-state index contributed by atoms with van der Waals surface area (Å²) in [6, 6.07) is 10.3. The first-order chi connectivity index (χ1) is 10.8. The molecule has 2 aromatic rings. The first-order valence-electron chi connectivity index (χ1n) is 6.54. The van der Waals surface area contributed by atoms with Crippen molar-refractivity contribution in [3.8, 4) is 0 Å². The molecule has 0 aliphatic heterocycles. The van der Waals surface area contributed by atoms with Gasteiger partial charge in [-0.1, -0.05) is 35.3 Å². The number of hydrogen-bond acceptors (Lipinski definition) is 4. The number of rotatable bonds is 6. The van der Waals surface area contributed by atoms with Crippen molar-refractivity contribution in [3.05, 3.63) is 58.1 Å². The van der Waals surface area contributed by atoms with Gasteiger partial charge in [0, 0.05) is 16.0 Å². The third-order valence-electron chi connectivity index (χ3n) is 2.97. The van der Waals surface area contributed by atoms with Crippen molar-refractivity contribution in [1.29, 1.82) is 0 Å². The maximum absolute atomic E-state index is 12.3. The van der Waals surface area contributed by atoms with Crippen molar-refractivity contribution < 1.29 is 18.3 Å². The van der Waals surface area contributed by atoms with Crippen LogP contribution in [-0.2, 0) is 21.2 Å². The summed E-state index contributed by atoms with van der Waals surface area (Å²) in [5.74, 6) is -1.15. The Morgan fingerprint density at radius 1 is 1.04 bits per heavy atom. The fourth-order valence-electron chi connectivity index (χ4n) is 1.91. The lowest BCUT2D eigenvalue weighted by molar-refractivity contribution is -0.305. The number of carbonyl (C=O) groups excluding carboxylic acids is 1. The van der Waals surface area contributed by atoms with E-state index in [1.54, 1.807) is 12.1 Å². The molecule has 0 unspecified atom stereocenters. The summed E-state index contributed by atoms with van der Waals surface area (Å²) in [6.07, 6.45) is 0.158. The lowest BCUT2D eigenvalue weighted by Gasteiger charge is -2.10. The van der Waals surface area contributed by atoms with E-state index in [0.717, 1.165) is 0 Å². The summed E-state index contributed by atoms with van der Waals surface area (Å²) in [5, 5.41) is 11.0. The fourth-order valence-corrected chi connectivity index (χ4v) is 3.47. The highest BCUT2D eigenvalue weighted by Gasteiger charge is 2.14. The van der Waals surface area contributed by atoms with E-state index in [4.69, 9.17) is 23.2 Å². The van der Waals surface area contributed by atoms with Gasteiger partial charge in [0.05, 0.1) is 10.6 Å². The van der Waals surface area contributed by atoms with Gasteiger partial charge in [-0.15, -0.1) is 0 Å². The average molecular weight is 373 g/mol. The summed E-state index contributed by atoms with van der Waals surface area (Å²) < 4.78 is 27.0. The SMILES string of the molecule is O=C([O-])CCc1ccc(S(=O)(=O)Nc2cc(Cl)cc(Cl)c2)cc1. The van der Waals surface area contributed by atoms with Crippen LogP contribution in [0.25, 0.3) is 0 Å². The van der Waals surface area contributed by atoms with Gasteiger partial charge >= 0.3 is 0 Å². The number of aliphatic carboxylic acids is 1. The monoisotopic (exact) mass is 372 g/mol. The molecule has 0 aliphatic rings. The number of carboxylic acids is 1. The number of carboxylic acid groups (broad SMARTS) is 1. The highest BCUT2D eigenvalue weighted by atomic mass is 35.5. The number of anilines is 1. The van der Waals surface area contributed by atoms with Crippen LogP contribution in [0.4, 0.5) is 5.69 Å². The third-order valence-corrected chi connectivity index (χ3v) is 4.80. The Labute approximate surface area is 143 Å². The van der Waals surface area contributed by atoms with E-state index in [1.807, 2.05) is 0 Å². The average Bonchev–Trinajstić information content (AvgIpc) is 2.44. The molecule has 1 N–H and O–H groups in total. The van der Waals surface area contributed by atoms with E-state index >= 15 is 0 Å². The Balaban J connectivity index is 2.17. The standard InChI is InChI=1S/C15H13Cl2NO4S/c16-11-7-12(17)9-13(8-11)18-23(21,22)14-4-1-10(2-5-14)3-6-15(19)20/h1-2,4-5,7-9,18H,3,6H2,(H,19,20)/p-1. The summed E-state index contributed by atoms with van der Waals surface area (Å²) in [4.78, 5) is 10.5. The lowest BCUT2D eigenvalue weighted by atomic mass is 10.1. The van der Waals surface area contributed by atoms with Crippen LogP contribution in [0.1, 0.15) is 12.0 Å². The quantitative estimate of drug-likeness (QED) is 0.843. The Morgan fingerprint density at radius 3 is 2.13 bits per heavy atom. The van der Waals surface area contributed by atoms with Crippen LogP contribution in [0.2, 0.25) is 10.0 Å². The molecule has 0 radical (unpaired) electrons. The molecule has 0 heterocycles. The molecule has 122 valence electrons. The molecule has 8 heteroatoms. The molecule has 0 amide bonds. The second kappa shape index (κ2) is 7.21. The molecule has 0 atom stereocenters. The smallest absolute Gasteiger partial charge is 0.261 e. The first-order valence-corrected chi connectivity index (χ1v) is 8.78. The van der Waals surface area contributed by atoms with Crippen molar-refractivity contribution in [2.75, 3.05) is 4.72 Å².